The first-order valence-electron chi connectivity index (χ1n) is 9.21. The van der Waals surface area contributed by atoms with Crippen LogP contribution in [0.25, 0.3) is 6.08 Å². The molecule has 0 saturated heterocycles. The molecule has 3 rings (SSSR count). The van der Waals surface area contributed by atoms with Crippen molar-refractivity contribution >= 4 is 40.2 Å². The number of primary amides is 1. The Labute approximate surface area is 172 Å². The molecule has 0 atom stereocenters. The number of amides is 2. The van der Waals surface area contributed by atoms with Gasteiger partial charge >= 0.3 is 5.97 Å². The molecule has 0 saturated carbocycles. The molecule has 1 heterocycles. The van der Waals surface area contributed by atoms with Crippen LogP contribution < -0.4 is 15.8 Å². The number of aryl methyl sites for hydroxylation is 1. The monoisotopic (exact) mass is 414 g/mol. The van der Waals surface area contributed by atoms with Crippen LogP contribution in [0.2, 0.25) is 0 Å². The van der Waals surface area contributed by atoms with Crippen LogP contribution in [0.4, 0.5) is 5.00 Å². The van der Waals surface area contributed by atoms with Gasteiger partial charge in [-0.3, -0.25) is 9.59 Å². The highest BCUT2D eigenvalue weighted by atomic mass is 32.1. The summed E-state index contributed by atoms with van der Waals surface area (Å²) in [7, 11) is 1.56. The molecule has 0 spiro atoms. The predicted molar refractivity (Wildman–Crippen MR) is 111 cm³/mol. The summed E-state index contributed by atoms with van der Waals surface area (Å²) in [5.74, 6) is -1.06. The fourth-order valence-corrected chi connectivity index (χ4v) is 4.48. The number of nitrogens with one attached hydrogen (secondary N) is 1. The third-order valence-electron chi connectivity index (χ3n) is 4.52. The summed E-state index contributed by atoms with van der Waals surface area (Å²) in [6.07, 6.45) is 6.51. The standard InChI is InChI=1S/C21H22N2O5S/c1-27-14-6-4-5-13(11-14)9-10-18(25)28-12-17(24)23-21-19(20(22)26)15-7-2-3-8-16(15)29-21/h4-6,9-11H,2-3,7-8,12H2,1H3,(H2,22,26)(H,23,24)/b10-9+. The topological polar surface area (TPSA) is 108 Å². The van der Waals surface area contributed by atoms with Crippen molar-refractivity contribution < 1.29 is 23.9 Å². The Morgan fingerprint density at radius 2 is 2.03 bits per heavy atom. The Balaban J connectivity index is 1.57. The number of esters is 1. The van der Waals surface area contributed by atoms with E-state index in [1.54, 1.807) is 31.4 Å². The highest BCUT2D eigenvalue weighted by Crippen LogP contribution is 2.37. The molecule has 8 heteroatoms. The van der Waals surface area contributed by atoms with E-state index >= 15 is 0 Å². The molecular formula is C21H22N2O5S. The Bertz CT molecular complexity index is 964. The Kier molecular flexibility index (Phi) is 6.66. The van der Waals surface area contributed by atoms with Crippen LogP contribution in [0, 0.1) is 0 Å². The van der Waals surface area contributed by atoms with Crippen LogP contribution in [0.1, 0.15) is 39.2 Å². The Morgan fingerprint density at radius 3 is 2.79 bits per heavy atom. The van der Waals surface area contributed by atoms with Crippen LogP contribution >= 0.6 is 11.3 Å². The summed E-state index contributed by atoms with van der Waals surface area (Å²) in [6.45, 7) is -0.456. The van der Waals surface area contributed by atoms with Crippen LogP contribution in [-0.4, -0.2) is 31.5 Å². The van der Waals surface area contributed by atoms with Crippen LogP contribution in [0.15, 0.2) is 30.3 Å². The van der Waals surface area contributed by atoms with Gasteiger partial charge in [-0.25, -0.2) is 4.79 Å². The number of fused-ring (bicyclic) bond motifs is 1. The van der Waals surface area contributed by atoms with E-state index in [0.717, 1.165) is 41.7 Å². The lowest BCUT2D eigenvalue weighted by Crippen LogP contribution is -2.22. The molecule has 0 radical (unpaired) electrons. The van der Waals surface area contributed by atoms with E-state index in [1.807, 2.05) is 6.07 Å². The molecule has 7 nitrogen and oxygen atoms in total. The molecule has 2 aromatic rings. The summed E-state index contributed by atoms with van der Waals surface area (Å²) in [5, 5.41) is 3.08. The number of ether oxygens (including phenoxy) is 2. The highest BCUT2D eigenvalue weighted by molar-refractivity contribution is 7.17. The van der Waals surface area contributed by atoms with E-state index < -0.39 is 24.4 Å². The van der Waals surface area contributed by atoms with Crippen molar-refractivity contribution in [3.8, 4) is 5.75 Å². The molecule has 1 aromatic carbocycles. The molecule has 3 N–H and O–H groups in total. The fourth-order valence-electron chi connectivity index (χ4n) is 3.17. The zero-order valence-corrected chi connectivity index (χ0v) is 16.8. The molecule has 1 aromatic heterocycles. The van der Waals surface area contributed by atoms with Crippen molar-refractivity contribution in [2.45, 2.75) is 25.7 Å². The van der Waals surface area contributed by atoms with Crippen molar-refractivity contribution in [2.75, 3.05) is 19.0 Å². The third kappa shape index (κ3) is 5.23. The molecular weight excluding hydrogens is 392 g/mol. The van der Waals surface area contributed by atoms with Crippen molar-refractivity contribution in [2.24, 2.45) is 5.73 Å². The first-order chi connectivity index (χ1) is 14.0. The van der Waals surface area contributed by atoms with E-state index in [9.17, 15) is 14.4 Å². The van der Waals surface area contributed by atoms with Crippen molar-refractivity contribution in [1.82, 2.24) is 0 Å². The van der Waals surface area contributed by atoms with E-state index in [0.29, 0.717) is 16.3 Å². The number of carbonyl (C=O) groups is 3. The lowest BCUT2D eigenvalue weighted by atomic mass is 9.95. The number of anilines is 1. The number of carbonyl (C=O) groups excluding carboxylic acids is 3. The third-order valence-corrected chi connectivity index (χ3v) is 5.73. The number of thiophene rings is 1. The number of rotatable bonds is 7. The number of nitrogens with two attached hydrogens (primary N) is 1. The summed E-state index contributed by atoms with van der Waals surface area (Å²) >= 11 is 1.36. The van der Waals surface area contributed by atoms with Gasteiger partial charge < -0.3 is 20.5 Å². The maximum atomic E-state index is 12.2. The Hall–Kier alpha value is -3.13. The van der Waals surface area contributed by atoms with Crippen LogP contribution in [0.3, 0.4) is 0 Å². The predicted octanol–water partition coefficient (Wildman–Crippen LogP) is 2.93. The maximum absolute atomic E-state index is 12.2. The normalized spacial score (nSPS) is 13.0. The average Bonchev–Trinajstić information content (AvgIpc) is 3.08. The number of hydrogen-bond acceptors (Lipinski definition) is 6. The van der Waals surface area contributed by atoms with Gasteiger partial charge in [0.2, 0.25) is 0 Å². The van der Waals surface area contributed by atoms with Crippen molar-refractivity contribution in [3.63, 3.8) is 0 Å². The molecule has 2 amide bonds. The molecule has 29 heavy (non-hydrogen) atoms. The van der Waals surface area contributed by atoms with Crippen LogP contribution in [0.5, 0.6) is 5.75 Å². The van der Waals surface area contributed by atoms with Gasteiger partial charge in [0, 0.05) is 11.0 Å². The van der Waals surface area contributed by atoms with Gasteiger partial charge in [0.05, 0.1) is 12.7 Å². The fraction of sp³-hybridized carbons (Fsp3) is 0.286. The summed E-state index contributed by atoms with van der Waals surface area (Å²) in [5.41, 5.74) is 7.58. The van der Waals surface area contributed by atoms with E-state index in [1.165, 1.54) is 17.4 Å². The van der Waals surface area contributed by atoms with Crippen molar-refractivity contribution in [3.05, 3.63) is 51.9 Å². The zero-order chi connectivity index (χ0) is 20.8. The van der Waals surface area contributed by atoms with Crippen LogP contribution in [-0.2, 0) is 27.2 Å². The second kappa shape index (κ2) is 9.38. The second-order valence-corrected chi connectivity index (χ2v) is 7.65. The molecule has 1 aliphatic carbocycles. The summed E-state index contributed by atoms with van der Waals surface area (Å²) < 4.78 is 10.1. The van der Waals surface area contributed by atoms with E-state index in [-0.39, 0.29) is 0 Å². The largest absolute Gasteiger partial charge is 0.497 e. The molecule has 0 fully saturated rings. The van der Waals surface area contributed by atoms with Gasteiger partial charge in [0.1, 0.15) is 10.8 Å². The summed E-state index contributed by atoms with van der Waals surface area (Å²) in [4.78, 5) is 37.0. The Morgan fingerprint density at radius 1 is 1.24 bits per heavy atom. The number of hydrogen-bond donors (Lipinski definition) is 2. The molecule has 0 unspecified atom stereocenters. The average molecular weight is 414 g/mol. The number of benzene rings is 1. The van der Waals surface area contributed by atoms with E-state index in [2.05, 4.69) is 5.32 Å². The quantitative estimate of drug-likeness (QED) is 0.535. The van der Waals surface area contributed by atoms with Gasteiger partial charge in [-0.1, -0.05) is 12.1 Å². The summed E-state index contributed by atoms with van der Waals surface area (Å²) in [6, 6.07) is 7.17. The lowest BCUT2D eigenvalue weighted by molar-refractivity contribution is -0.142. The molecule has 152 valence electrons. The molecule has 0 bridgehead atoms. The SMILES string of the molecule is COc1cccc(/C=C/C(=O)OCC(=O)Nc2sc3c(c2C(N)=O)CCCC3)c1. The van der Waals surface area contributed by atoms with Gasteiger partial charge in [-0.15, -0.1) is 11.3 Å². The minimum atomic E-state index is -0.649. The number of methoxy groups -OCH3 is 1. The first kappa shape index (κ1) is 20.6. The zero-order valence-electron chi connectivity index (χ0n) is 16.0. The minimum Gasteiger partial charge on any atom is -0.497 e. The molecule has 1 aliphatic rings. The second-order valence-electron chi connectivity index (χ2n) is 6.55. The van der Waals surface area contributed by atoms with Gasteiger partial charge in [0.15, 0.2) is 6.61 Å². The lowest BCUT2D eigenvalue weighted by Gasteiger charge is -2.11. The minimum absolute atomic E-state index is 0.377. The smallest absolute Gasteiger partial charge is 0.331 e. The first-order valence-corrected chi connectivity index (χ1v) is 10.0. The maximum Gasteiger partial charge on any atom is 0.331 e. The van der Waals surface area contributed by atoms with Crippen molar-refractivity contribution in [1.29, 1.82) is 0 Å². The van der Waals surface area contributed by atoms with Gasteiger partial charge in [-0.2, -0.15) is 0 Å². The molecule has 0 aliphatic heterocycles. The van der Waals surface area contributed by atoms with Gasteiger partial charge in [0.25, 0.3) is 11.8 Å². The van der Waals surface area contributed by atoms with Gasteiger partial charge in [-0.05, 0) is 55.0 Å². The highest BCUT2D eigenvalue weighted by Gasteiger charge is 2.25. The van der Waals surface area contributed by atoms with E-state index in [4.69, 9.17) is 15.2 Å².